The van der Waals surface area contributed by atoms with E-state index in [9.17, 15) is 18.5 Å². The van der Waals surface area contributed by atoms with E-state index in [1.54, 1.807) is 31.2 Å². The lowest BCUT2D eigenvalue weighted by Gasteiger charge is -2.23. The van der Waals surface area contributed by atoms with Gasteiger partial charge in [-0.15, -0.1) is 0 Å². The minimum Gasteiger partial charge on any atom is -0.377 e. The second kappa shape index (κ2) is 6.64. The molecule has 0 spiro atoms. The molecule has 0 fully saturated rings. The van der Waals surface area contributed by atoms with E-state index in [0.29, 0.717) is 34.0 Å². The molecule has 1 aliphatic heterocycles. The lowest BCUT2D eigenvalue weighted by Crippen LogP contribution is -2.29. The molecule has 0 saturated heterocycles. The van der Waals surface area contributed by atoms with Crippen LogP contribution >= 0.6 is 0 Å². The number of H-pyrrole nitrogens is 1. The van der Waals surface area contributed by atoms with E-state index in [-0.39, 0.29) is 17.0 Å². The lowest BCUT2D eigenvalue weighted by molar-refractivity contribution is 0.593. The van der Waals surface area contributed by atoms with Gasteiger partial charge in [0, 0.05) is 48.9 Å². The second-order valence-electron chi connectivity index (χ2n) is 7.31. The smallest absolute Gasteiger partial charge is 0.264 e. The Labute approximate surface area is 168 Å². The number of aromatic nitrogens is 1. The number of anilines is 2. The molecule has 8 heteroatoms. The summed E-state index contributed by atoms with van der Waals surface area (Å²) in [5.41, 5.74) is 3.01. The van der Waals surface area contributed by atoms with Crippen molar-refractivity contribution in [2.75, 3.05) is 29.8 Å². The zero-order chi connectivity index (χ0) is 20.9. The van der Waals surface area contributed by atoms with Gasteiger partial charge in [0.15, 0.2) is 0 Å². The minimum absolute atomic E-state index is 0.0974. The predicted molar refractivity (Wildman–Crippen MR) is 113 cm³/mol. The van der Waals surface area contributed by atoms with Crippen LogP contribution in [-0.2, 0) is 16.4 Å². The summed E-state index contributed by atoms with van der Waals surface area (Å²) in [5.74, 6) is 0. The standard InChI is InChI=1S/C21H20N4O3S/c1-13-12-23-21(26)16-5-4-6-19(20(13)16)29(27,28)25-8-7-15-17(24(2)3)9-14(11-22)10-18(15)25/h4-6,9-10,12H,7-8H2,1-3H3,(H,23,26). The zero-order valence-corrected chi connectivity index (χ0v) is 17.2. The highest BCUT2D eigenvalue weighted by Crippen LogP contribution is 2.40. The van der Waals surface area contributed by atoms with Crippen molar-refractivity contribution >= 4 is 32.2 Å². The number of sulfonamides is 1. The number of nitrogens with one attached hydrogen (secondary N) is 1. The summed E-state index contributed by atoms with van der Waals surface area (Å²) < 4.78 is 28.7. The molecule has 0 unspecified atom stereocenters. The lowest BCUT2D eigenvalue weighted by atomic mass is 10.1. The summed E-state index contributed by atoms with van der Waals surface area (Å²) in [7, 11) is -0.194. The number of nitrogens with zero attached hydrogens (tertiary/aromatic N) is 3. The quantitative estimate of drug-likeness (QED) is 0.718. The number of benzene rings is 2. The number of rotatable bonds is 3. The van der Waals surface area contributed by atoms with Crippen molar-refractivity contribution in [3.8, 4) is 6.07 Å². The third-order valence-corrected chi connectivity index (χ3v) is 7.16. The van der Waals surface area contributed by atoms with Gasteiger partial charge in [-0.05, 0) is 43.2 Å². The van der Waals surface area contributed by atoms with Crippen molar-refractivity contribution in [1.82, 2.24) is 4.98 Å². The first-order chi connectivity index (χ1) is 13.8. The van der Waals surface area contributed by atoms with Crippen LogP contribution in [0.5, 0.6) is 0 Å². The maximum atomic E-state index is 13.7. The summed E-state index contributed by atoms with van der Waals surface area (Å²) in [6.45, 7) is 2.05. The van der Waals surface area contributed by atoms with E-state index >= 15 is 0 Å². The first kappa shape index (κ1) is 19.0. The topological polar surface area (TPSA) is 97.3 Å². The minimum atomic E-state index is -3.93. The maximum absolute atomic E-state index is 13.7. The van der Waals surface area contributed by atoms with Gasteiger partial charge in [0.25, 0.3) is 15.6 Å². The number of pyridine rings is 1. The van der Waals surface area contributed by atoms with Gasteiger partial charge in [0.05, 0.1) is 22.2 Å². The molecule has 4 rings (SSSR count). The molecule has 0 radical (unpaired) electrons. The molecule has 3 aromatic rings. The zero-order valence-electron chi connectivity index (χ0n) is 16.4. The molecular formula is C21H20N4O3S. The van der Waals surface area contributed by atoms with Gasteiger partial charge in [-0.2, -0.15) is 5.26 Å². The Hall–Kier alpha value is -3.31. The average molecular weight is 408 g/mol. The van der Waals surface area contributed by atoms with Gasteiger partial charge in [-0.1, -0.05) is 6.07 Å². The SMILES string of the molecule is Cc1c[nH]c(=O)c2cccc(S(=O)(=O)N3CCc4c(N(C)C)cc(C#N)cc43)c12. The number of hydrogen-bond donors (Lipinski definition) is 1. The van der Waals surface area contributed by atoms with Gasteiger partial charge in [0.2, 0.25) is 0 Å². The normalized spacial score (nSPS) is 13.4. The van der Waals surface area contributed by atoms with Crippen LogP contribution in [0.1, 0.15) is 16.7 Å². The van der Waals surface area contributed by atoms with Crippen LogP contribution in [0.4, 0.5) is 11.4 Å². The van der Waals surface area contributed by atoms with Gasteiger partial charge >= 0.3 is 0 Å². The van der Waals surface area contributed by atoms with Crippen molar-refractivity contribution in [2.45, 2.75) is 18.2 Å². The molecule has 2 aromatic carbocycles. The third-order valence-electron chi connectivity index (χ3n) is 5.30. The number of aromatic amines is 1. The van der Waals surface area contributed by atoms with Crippen LogP contribution in [0.25, 0.3) is 10.8 Å². The molecule has 29 heavy (non-hydrogen) atoms. The molecule has 1 aliphatic rings. The summed E-state index contributed by atoms with van der Waals surface area (Å²) in [6, 6.07) is 10.2. The molecule has 0 aliphatic carbocycles. The molecule has 1 aromatic heterocycles. The maximum Gasteiger partial charge on any atom is 0.264 e. The first-order valence-electron chi connectivity index (χ1n) is 9.14. The van der Waals surface area contributed by atoms with E-state index in [1.807, 2.05) is 19.0 Å². The predicted octanol–water partition coefficient (Wildman–Crippen LogP) is 2.53. The molecule has 0 bridgehead atoms. The molecular weight excluding hydrogens is 388 g/mol. The highest BCUT2D eigenvalue weighted by atomic mass is 32.2. The molecule has 7 nitrogen and oxygen atoms in total. The van der Waals surface area contributed by atoms with Crippen molar-refractivity contribution in [2.24, 2.45) is 0 Å². The van der Waals surface area contributed by atoms with Crippen LogP contribution in [0, 0.1) is 18.3 Å². The fourth-order valence-electron chi connectivity index (χ4n) is 3.95. The number of fused-ring (bicyclic) bond motifs is 2. The van der Waals surface area contributed by atoms with E-state index < -0.39 is 10.0 Å². The second-order valence-corrected chi connectivity index (χ2v) is 9.14. The van der Waals surface area contributed by atoms with Crippen LogP contribution in [0.2, 0.25) is 0 Å². The fraction of sp³-hybridized carbons (Fsp3) is 0.238. The van der Waals surface area contributed by atoms with Crippen LogP contribution in [-0.4, -0.2) is 34.0 Å². The highest BCUT2D eigenvalue weighted by molar-refractivity contribution is 7.93. The van der Waals surface area contributed by atoms with Gasteiger partial charge < -0.3 is 9.88 Å². The molecule has 0 saturated carbocycles. The molecule has 0 amide bonds. The van der Waals surface area contributed by atoms with Gasteiger partial charge in [-0.3, -0.25) is 9.10 Å². The van der Waals surface area contributed by atoms with E-state index in [2.05, 4.69) is 11.1 Å². The third kappa shape index (κ3) is 2.86. The fourth-order valence-corrected chi connectivity index (χ4v) is 5.72. The van der Waals surface area contributed by atoms with E-state index in [4.69, 9.17) is 0 Å². The Balaban J connectivity index is 1.97. The Kier molecular flexibility index (Phi) is 4.35. The van der Waals surface area contributed by atoms with E-state index in [1.165, 1.54) is 16.6 Å². The molecule has 148 valence electrons. The number of hydrogen-bond acceptors (Lipinski definition) is 5. The summed E-state index contributed by atoms with van der Waals surface area (Å²) >= 11 is 0. The van der Waals surface area contributed by atoms with Crippen LogP contribution < -0.4 is 14.8 Å². The monoisotopic (exact) mass is 408 g/mol. The molecule has 2 heterocycles. The van der Waals surface area contributed by atoms with Crippen molar-refractivity contribution in [3.63, 3.8) is 0 Å². The van der Waals surface area contributed by atoms with Crippen LogP contribution in [0.15, 0.2) is 46.2 Å². The number of nitriles is 1. The van der Waals surface area contributed by atoms with Gasteiger partial charge in [0.1, 0.15) is 0 Å². The van der Waals surface area contributed by atoms with Crippen LogP contribution in [0.3, 0.4) is 0 Å². The molecule has 0 atom stereocenters. The summed E-state index contributed by atoms with van der Waals surface area (Å²) in [6.07, 6.45) is 2.08. The first-order valence-corrected chi connectivity index (χ1v) is 10.6. The highest BCUT2D eigenvalue weighted by Gasteiger charge is 2.34. The van der Waals surface area contributed by atoms with Crippen molar-refractivity contribution in [3.05, 3.63) is 63.6 Å². The Bertz CT molecular complexity index is 1350. The average Bonchev–Trinajstić information content (AvgIpc) is 3.14. The summed E-state index contributed by atoms with van der Waals surface area (Å²) in [5, 5.41) is 10.2. The van der Waals surface area contributed by atoms with E-state index in [0.717, 1.165) is 11.3 Å². The van der Waals surface area contributed by atoms with Crippen molar-refractivity contribution in [1.29, 1.82) is 5.26 Å². The van der Waals surface area contributed by atoms with Gasteiger partial charge in [-0.25, -0.2) is 8.42 Å². The Morgan fingerprint density at radius 2 is 2.00 bits per heavy atom. The molecule has 1 N–H and O–H groups in total. The summed E-state index contributed by atoms with van der Waals surface area (Å²) in [4.78, 5) is 16.8. The Morgan fingerprint density at radius 3 is 2.69 bits per heavy atom. The van der Waals surface area contributed by atoms with Crippen molar-refractivity contribution < 1.29 is 8.42 Å². The Morgan fingerprint density at radius 1 is 1.24 bits per heavy atom. The number of aryl methyl sites for hydroxylation is 1. The largest absolute Gasteiger partial charge is 0.377 e.